The molecule has 2 aromatic rings. The van der Waals surface area contributed by atoms with Crippen molar-refractivity contribution in [2.45, 2.75) is 20.8 Å². The van der Waals surface area contributed by atoms with E-state index in [0.717, 1.165) is 22.3 Å². The lowest BCUT2D eigenvalue weighted by atomic mass is 10.1. The van der Waals surface area contributed by atoms with Gasteiger partial charge in [-0.2, -0.15) is 0 Å². The van der Waals surface area contributed by atoms with Crippen molar-refractivity contribution in [1.82, 2.24) is 0 Å². The summed E-state index contributed by atoms with van der Waals surface area (Å²) < 4.78 is 10.7. The van der Waals surface area contributed by atoms with Gasteiger partial charge in [0.1, 0.15) is 16.4 Å². The number of aryl methyl sites for hydroxylation is 2. The summed E-state index contributed by atoms with van der Waals surface area (Å²) in [6.07, 6.45) is 0. The van der Waals surface area contributed by atoms with Crippen molar-refractivity contribution in [2.24, 2.45) is 0 Å². The highest BCUT2D eigenvalue weighted by Crippen LogP contribution is 2.30. The molecule has 0 radical (unpaired) electrons. The smallest absolute Gasteiger partial charge is 0.355 e. The van der Waals surface area contributed by atoms with Crippen LogP contribution in [0.3, 0.4) is 0 Å². The van der Waals surface area contributed by atoms with E-state index in [0.29, 0.717) is 12.2 Å². The van der Waals surface area contributed by atoms with E-state index in [4.69, 9.17) is 20.8 Å². The second kappa shape index (κ2) is 4.41. The van der Waals surface area contributed by atoms with Gasteiger partial charge in [0.2, 0.25) is 0 Å². The fourth-order valence-electron chi connectivity index (χ4n) is 1.82. The van der Waals surface area contributed by atoms with Crippen LogP contribution in [-0.4, -0.2) is 6.61 Å². The number of halogens is 1. The van der Waals surface area contributed by atoms with Crippen molar-refractivity contribution in [3.8, 4) is 5.75 Å². The van der Waals surface area contributed by atoms with Crippen molar-refractivity contribution in [3.63, 3.8) is 0 Å². The Morgan fingerprint density at radius 2 is 2.00 bits per heavy atom. The number of ether oxygens (including phenoxy) is 1. The van der Waals surface area contributed by atoms with Crippen LogP contribution in [0.15, 0.2) is 21.3 Å². The molecular formula is C13H13ClO3. The van der Waals surface area contributed by atoms with Crippen molar-refractivity contribution in [1.29, 1.82) is 0 Å². The van der Waals surface area contributed by atoms with Crippen LogP contribution in [0.1, 0.15) is 18.1 Å². The van der Waals surface area contributed by atoms with Crippen LogP contribution in [0.25, 0.3) is 11.0 Å². The third kappa shape index (κ3) is 1.91. The maximum absolute atomic E-state index is 11.5. The zero-order valence-corrected chi connectivity index (χ0v) is 10.7. The van der Waals surface area contributed by atoms with Crippen molar-refractivity contribution < 1.29 is 9.15 Å². The fraction of sp³-hybridized carbons (Fsp3) is 0.308. The van der Waals surface area contributed by atoms with Crippen LogP contribution in [0.4, 0.5) is 0 Å². The Morgan fingerprint density at radius 1 is 1.29 bits per heavy atom. The van der Waals surface area contributed by atoms with Gasteiger partial charge >= 0.3 is 5.63 Å². The quantitative estimate of drug-likeness (QED) is 0.769. The van der Waals surface area contributed by atoms with Crippen molar-refractivity contribution in [2.75, 3.05) is 6.61 Å². The van der Waals surface area contributed by atoms with Crippen LogP contribution in [0, 0.1) is 13.8 Å². The molecule has 1 aromatic carbocycles. The molecule has 90 valence electrons. The molecule has 0 unspecified atom stereocenters. The fourth-order valence-corrected chi connectivity index (χ4v) is 1.96. The van der Waals surface area contributed by atoms with E-state index in [9.17, 15) is 4.79 Å². The van der Waals surface area contributed by atoms with Crippen LogP contribution < -0.4 is 10.4 Å². The molecular weight excluding hydrogens is 240 g/mol. The summed E-state index contributed by atoms with van der Waals surface area (Å²) in [6, 6.07) is 3.72. The van der Waals surface area contributed by atoms with E-state index < -0.39 is 5.63 Å². The van der Waals surface area contributed by atoms with Gasteiger partial charge in [0.15, 0.2) is 0 Å². The normalized spacial score (nSPS) is 10.8. The predicted molar refractivity (Wildman–Crippen MR) is 68.1 cm³/mol. The summed E-state index contributed by atoms with van der Waals surface area (Å²) in [5.74, 6) is 0.727. The van der Waals surface area contributed by atoms with E-state index in [2.05, 4.69) is 0 Å². The van der Waals surface area contributed by atoms with Gasteiger partial charge < -0.3 is 9.15 Å². The van der Waals surface area contributed by atoms with Gasteiger partial charge in [0, 0.05) is 10.9 Å². The van der Waals surface area contributed by atoms with E-state index in [-0.39, 0.29) is 5.02 Å². The van der Waals surface area contributed by atoms with Gasteiger partial charge in [-0.25, -0.2) is 4.79 Å². The minimum atomic E-state index is -0.506. The largest absolute Gasteiger partial charge is 0.493 e. The third-order valence-corrected chi connectivity index (χ3v) is 3.20. The lowest BCUT2D eigenvalue weighted by Gasteiger charge is -2.10. The number of fused-ring (bicyclic) bond motifs is 1. The van der Waals surface area contributed by atoms with E-state index in [1.807, 2.05) is 26.0 Å². The summed E-state index contributed by atoms with van der Waals surface area (Å²) in [6.45, 7) is 6.15. The second-order valence-corrected chi connectivity index (χ2v) is 4.20. The number of hydrogen-bond acceptors (Lipinski definition) is 3. The van der Waals surface area contributed by atoms with E-state index in [1.54, 1.807) is 6.92 Å². The van der Waals surface area contributed by atoms with Crippen LogP contribution in [-0.2, 0) is 0 Å². The van der Waals surface area contributed by atoms with Crippen LogP contribution in [0.5, 0.6) is 5.75 Å². The van der Waals surface area contributed by atoms with Crippen LogP contribution in [0.2, 0.25) is 5.02 Å². The zero-order valence-electron chi connectivity index (χ0n) is 9.96. The molecule has 1 aromatic heterocycles. The number of benzene rings is 1. The molecule has 0 bridgehead atoms. The minimum absolute atomic E-state index is 0.140. The molecule has 0 spiro atoms. The van der Waals surface area contributed by atoms with E-state index in [1.165, 1.54) is 0 Å². The average molecular weight is 253 g/mol. The highest BCUT2D eigenvalue weighted by atomic mass is 35.5. The molecule has 0 amide bonds. The van der Waals surface area contributed by atoms with Gasteiger partial charge in [0.25, 0.3) is 0 Å². The van der Waals surface area contributed by atoms with Gasteiger partial charge in [-0.15, -0.1) is 0 Å². The molecule has 0 fully saturated rings. The third-order valence-electron chi connectivity index (χ3n) is 2.76. The second-order valence-electron chi connectivity index (χ2n) is 3.83. The van der Waals surface area contributed by atoms with Crippen LogP contribution >= 0.6 is 11.6 Å². The molecule has 0 aliphatic carbocycles. The molecule has 17 heavy (non-hydrogen) atoms. The Bertz CT molecular complexity index is 629. The molecule has 1 heterocycles. The summed E-state index contributed by atoms with van der Waals surface area (Å²) in [5.41, 5.74) is 1.60. The number of rotatable bonds is 2. The zero-order chi connectivity index (χ0) is 12.6. The Morgan fingerprint density at radius 3 is 2.65 bits per heavy atom. The first-order chi connectivity index (χ1) is 8.06. The van der Waals surface area contributed by atoms with Gasteiger partial charge in [-0.3, -0.25) is 0 Å². The lowest BCUT2D eigenvalue weighted by Crippen LogP contribution is -2.03. The maximum Gasteiger partial charge on any atom is 0.355 e. The summed E-state index contributed by atoms with van der Waals surface area (Å²) in [5, 5.41) is 0.983. The molecule has 0 saturated heterocycles. The van der Waals surface area contributed by atoms with Crippen molar-refractivity contribution >= 4 is 22.6 Å². The monoisotopic (exact) mass is 252 g/mol. The van der Waals surface area contributed by atoms with Crippen molar-refractivity contribution in [3.05, 3.63) is 38.7 Å². The maximum atomic E-state index is 11.5. The molecule has 4 heteroatoms. The Labute approximate surface area is 104 Å². The summed E-state index contributed by atoms with van der Waals surface area (Å²) >= 11 is 5.87. The summed E-state index contributed by atoms with van der Waals surface area (Å²) in [4.78, 5) is 11.5. The van der Waals surface area contributed by atoms with Gasteiger partial charge in [-0.1, -0.05) is 11.6 Å². The minimum Gasteiger partial charge on any atom is -0.493 e. The topological polar surface area (TPSA) is 39.4 Å². The van der Waals surface area contributed by atoms with Gasteiger partial charge in [0.05, 0.1) is 6.61 Å². The summed E-state index contributed by atoms with van der Waals surface area (Å²) in [7, 11) is 0. The Kier molecular flexibility index (Phi) is 3.11. The molecule has 0 saturated carbocycles. The molecule has 0 aliphatic rings. The molecule has 0 N–H and O–H groups in total. The molecule has 2 rings (SSSR count). The first-order valence-electron chi connectivity index (χ1n) is 5.41. The average Bonchev–Trinajstić information content (AvgIpc) is 2.31. The van der Waals surface area contributed by atoms with E-state index >= 15 is 0 Å². The highest BCUT2D eigenvalue weighted by molar-refractivity contribution is 6.31. The lowest BCUT2D eigenvalue weighted by molar-refractivity contribution is 0.337. The standard InChI is InChI=1S/C13H13ClO3/c1-4-16-10-6-5-9-7(2)11(14)13(15)17-12(9)8(10)3/h5-6H,4H2,1-3H3. The first kappa shape index (κ1) is 12.0. The molecule has 0 atom stereocenters. The SMILES string of the molecule is CCOc1ccc2c(C)c(Cl)c(=O)oc2c1C. The molecule has 0 aliphatic heterocycles. The first-order valence-corrected chi connectivity index (χ1v) is 5.79. The Balaban J connectivity index is 2.83. The highest BCUT2D eigenvalue weighted by Gasteiger charge is 2.13. The molecule has 3 nitrogen and oxygen atoms in total. The predicted octanol–water partition coefficient (Wildman–Crippen LogP) is 3.46. The Hall–Kier alpha value is -1.48. The number of hydrogen-bond donors (Lipinski definition) is 0. The van der Waals surface area contributed by atoms with Gasteiger partial charge in [-0.05, 0) is 38.5 Å².